The second-order valence-electron chi connectivity index (χ2n) is 8.13. The maximum atomic E-state index is 12.8. The molecule has 0 aromatic carbocycles. The zero-order valence-electron chi connectivity index (χ0n) is 16.8. The summed E-state index contributed by atoms with van der Waals surface area (Å²) in [6.07, 6.45) is 6.99. The number of amides is 1. The van der Waals surface area contributed by atoms with E-state index < -0.39 is 0 Å². The minimum absolute atomic E-state index is 0.0395. The van der Waals surface area contributed by atoms with Crippen molar-refractivity contribution in [1.29, 1.82) is 0 Å². The van der Waals surface area contributed by atoms with E-state index in [9.17, 15) is 4.79 Å². The Hall–Kier alpha value is -2.77. The van der Waals surface area contributed by atoms with Gasteiger partial charge in [-0.05, 0) is 62.3 Å². The Balaban J connectivity index is 1.20. The van der Waals surface area contributed by atoms with Crippen LogP contribution in [0.25, 0.3) is 0 Å². The predicted octanol–water partition coefficient (Wildman–Crippen LogP) is 1.71. The molecule has 5 rings (SSSR count). The summed E-state index contributed by atoms with van der Waals surface area (Å²) in [7, 11) is 0. The molecular weight excluding hydrogens is 366 g/mol. The zero-order chi connectivity index (χ0) is 19.6. The number of nitrogens with zero attached hydrogens (tertiary/aromatic N) is 7. The van der Waals surface area contributed by atoms with E-state index in [0.717, 1.165) is 56.4 Å². The van der Waals surface area contributed by atoms with Crippen LogP contribution in [-0.2, 0) is 12.8 Å². The van der Waals surface area contributed by atoms with E-state index in [1.807, 2.05) is 17.0 Å². The Morgan fingerprint density at radius 3 is 2.24 bits per heavy atom. The molecule has 2 aromatic heterocycles. The minimum Gasteiger partial charge on any atom is -0.355 e. The van der Waals surface area contributed by atoms with Crippen molar-refractivity contribution in [3.8, 4) is 0 Å². The molecule has 0 N–H and O–H groups in total. The lowest BCUT2D eigenvalue weighted by molar-refractivity contribution is 0.0739. The molecule has 0 atom stereocenters. The van der Waals surface area contributed by atoms with E-state index in [4.69, 9.17) is 0 Å². The predicted molar refractivity (Wildman–Crippen MR) is 110 cm³/mol. The van der Waals surface area contributed by atoms with Crippen LogP contribution in [0, 0.1) is 0 Å². The summed E-state index contributed by atoms with van der Waals surface area (Å²) in [5.41, 5.74) is 2.91. The largest absolute Gasteiger partial charge is 0.355 e. The summed E-state index contributed by atoms with van der Waals surface area (Å²) >= 11 is 0. The molecule has 1 amide bonds. The molecule has 0 unspecified atom stereocenters. The van der Waals surface area contributed by atoms with Gasteiger partial charge in [-0.1, -0.05) is 0 Å². The van der Waals surface area contributed by atoms with Gasteiger partial charge in [0.1, 0.15) is 0 Å². The van der Waals surface area contributed by atoms with Gasteiger partial charge in [-0.15, -0.1) is 15.3 Å². The van der Waals surface area contributed by atoms with Crippen LogP contribution in [0.2, 0.25) is 0 Å². The van der Waals surface area contributed by atoms with Crippen molar-refractivity contribution >= 4 is 17.5 Å². The molecule has 152 valence electrons. The molecule has 3 aliphatic rings. The number of hydrogen-bond acceptors (Lipinski definition) is 7. The first kappa shape index (κ1) is 18.3. The molecule has 29 heavy (non-hydrogen) atoms. The van der Waals surface area contributed by atoms with Crippen LogP contribution in [0.5, 0.6) is 0 Å². The maximum Gasteiger partial charge on any atom is 0.274 e. The molecule has 2 aromatic rings. The first-order valence-electron chi connectivity index (χ1n) is 10.8. The van der Waals surface area contributed by atoms with Crippen molar-refractivity contribution in [2.24, 2.45) is 0 Å². The van der Waals surface area contributed by atoms with Crippen molar-refractivity contribution in [2.45, 2.75) is 38.5 Å². The molecule has 8 nitrogen and oxygen atoms in total. The Morgan fingerprint density at radius 1 is 0.724 bits per heavy atom. The average Bonchev–Trinajstić information content (AvgIpc) is 3.27. The van der Waals surface area contributed by atoms with Crippen LogP contribution < -0.4 is 9.80 Å². The summed E-state index contributed by atoms with van der Waals surface area (Å²) in [4.78, 5) is 19.2. The third kappa shape index (κ3) is 3.75. The molecule has 2 aliphatic heterocycles. The lowest BCUT2D eigenvalue weighted by atomic mass is 10.1. The Bertz CT molecular complexity index is 871. The third-order valence-electron chi connectivity index (χ3n) is 6.25. The highest BCUT2D eigenvalue weighted by Crippen LogP contribution is 2.23. The molecule has 4 heterocycles. The molecular formula is C21H27N7O. The number of hydrogen-bond donors (Lipinski definition) is 0. The molecule has 0 radical (unpaired) electrons. The molecule has 1 aliphatic carbocycles. The molecule has 0 spiro atoms. The van der Waals surface area contributed by atoms with Gasteiger partial charge >= 0.3 is 0 Å². The molecule has 2 saturated heterocycles. The van der Waals surface area contributed by atoms with E-state index in [0.29, 0.717) is 18.8 Å². The van der Waals surface area contributed by atoms with Gasteiger partial charge in [-0.2, -0.15) is 5.10 Å². The molecule has 2 fully saturated rings. The first-order valence-corrected chi connectivity index (χ1v) is 10.8. The van der Waals surface area contributed by atoms with Gasteiger partial charge in [0, 0.05) is 39.3 Å². The van der Waals surface area contributed by atoms with Gasteiger partial charge in [0.05, 0.1) is 5.69 Å². The maximum absolute atomic E-state index is 12.8. The number of aromatic nitrogens is 4. The molecule has 0 saturated carbocycles. The summed E-state index contributed by atoms with van der Waals surface area (Å²) < 4.78 is 0. The van der Waals surface area contributed by atoms with E-state index >= 15 is 0 Å². The van der Waals surface area contributed by atoms with Crippen LogP contribution in [0.15, 0.2) is 18.2 Å². The van der Waals surface area contributed by atoms with Crippen molar-refractivity contribution in [3.05, 3.63) is 35.2 Å². The lowest BCUT2D eigenvalue weighted by Gasteiger charge is -2.35. The number of piperazine rings is 1. The normalized spacial score (nSPS) is 19.4. The number of carbonyl (C=O) groups excluding carboxylic acids is 1. The molecule has 8 heteroatoms. The Labute approximate surface area is 170 Å². The standard InChI is InChI=1S/C21H27N7O/c29-21(18-7-8-19(24-23-18)26-9-2-1-3-10-26)28-13-11-27(12-14-28)20-15-16-5-4-6-17(16)22-25-20/h7-8,15H,1-6,9-14H2. The number of piperidine rings is 1. The topological polar surface area (TPSA) is 78.4 Å². The summed E-state index contributed by atoms with van der Waals surface area (Å²) in [5, 5.41) is 17.3. The van der Waals surface area contributed by atoms with Gasteiger partial charge in [0.15, 0.2) is 17.3 Å². The highest BCUT2D eigenvalue weighted by Gasteiger charge is 2.25. The smallest absolute Gasteiger partial charge is 0.274 e. The second kappa shape index (κ2) is 7.93. The van der Waals surface area contributed by atoms with E-state index in [-0.39, 0.29) is 5.91 Å². The lowest BCUT2D eigenvalue weighted by Crippen LogP contribution is -2.49. The van der Waals surface area contributed by atoms with Crippen molar-refractivity contribution < 1.29 is 4.79 Å². The number of rotatable bonds is 3. The van der Waals surface area contributed by atoms with Crippen molar-refractivity contribution in [2.75, 3.05) is 49.1 Å². The summed E-state index contributed by atoms with van der Waals surface area (Å²) in [6, 6.07) is 5.93. The number of carbonyl (C=O) groups is 1. The highest BCUT2D eigenvalue weighted by atomic mass is 16.2. The average molecular weight is 393 g/mol. The fourth-order valence-electron chi connectivity index (χ4n) is 4.50. The Kier molecular flexibility index (Phi) is 4.99. The summed E-state index contributed by atoms with van der Waals surface area (Å²) in [6.45, 7) is 4.89. The highest BCUT2D eigenvalue weighted by molar-refractivity contribution is 5.92. The van der Waals surface area contributed by atoms with Gasteiger partial charge in [-0.25, -0.2) is 0 Å². The quantitative estimate of drug-likeness (QED) is 0.785. The van der Waals surface area contributed by atoms with Crippen LogP contribution in [-0.4, -0.2) is 70.5 Å². The minimum atomic E-state index is -0.0395. The molecule has 0 bridgehead atoms. The SMILES string of the molecule is O=C(c1ccc(N2CCCCC2)nn1)N1CCN(c2cc3c(nn2)CCC3)CC1. The van der Waals surface area contributed by atoms with E-state index in [1.165, 1.54) is 31.2 Å². The van der Waals surface area contributed by atoms with Crippen LogP contribution in [0.1, 0.15) is 47.4 Å². The van der Waals surface area contributed by atoms with Crippen molar-refractivity contribution in [3.63, 3.8) is 0 Å². The van der Waals surface area contributed by atoms with Gasteiger partial charge < -0.3 is 14.7 Å². The van der Waals surface area contributed by atoms with Gasteiger partial charge in [0.25, 0.3) is 5.91 Å². The zero-order valence-corrected chi connectivity index (χ0v) is 16.8. The van der Waals surface area contributed by atoms with Crippen molar-refractivity contribution in [1.82, 2.24) is 25.3 Å². The number of aryl methyl sites for hydroxylation is 2. The number of fused-ring (bicyclic) bond motifs is 1. The van der Waals surface area contributed by atoms with Crippen LogP contribution >= 0.6 is 0 Å². The third-order valence-corrected chi connectivity index (χ3v) is 6.25. The van der Waals surface area contributed by atoms with Gasteiger partial charge in [-0.3, -0.25) is 4.79 Å². The van der Waals surface area contributed by atoms with Crippen LogP contribution in [0.3, 0.4) is 0 Å². The fourth-order valence-corrected chi connectivity index (χ4v) is 4.50. The van der Waals surface area contributed by atoms with E-state index in [1.54, 1.807) is 0 Å². The number of anilines is 2. The summed E-state index contributed by atoms with van der Waals surface area (Å²) in [5.74, 6) is 1.77. The van der Waals surface area contributed by atoms with Crippen LogP contribution in [0.4, 0.5) is 11.6 Å². The van der Waals surface area contributed by atoms with E-state index in [2.05, 4.69) is 36.3 Å². The second-order valence-corrected chi connectivity index (χ2v) is 8.13. The monoisotopic (exact) mass is 393 g/mol. The van der Waals surface area contributed by atoms with Gasteiger partial charge in [0.2, 0.25) is 0 Å². The Morgan fingerprint density at radius 2 is 1.48 bits per heavy atom. The first-order chi connectivity index (χ1) is 14.3. The fraction of sp³-hybridized carbons (Fsp3) is 0.571.